The second-order valence-electron chi connectivity index (χ2n) is 4.52. The van der Waals surface area contributed by atoms with E-state index in [0.717, 1.165) is 15.7 Å². The van der Waals surface area contributed by atoms with Crippen molar-refractivity contribution >= 4 is 22.2 Å². The van der Waals surface area contributed by atoms with Crippen LogP contribution in [-0.4, -0.2) is 27.6 Å². The van der Waals surface area contributed by atoms with Crippen molar-refractivity contribution in [2.24, 2.45) is 0 Å². The molecule has 1 amide bonds. The molecule has 0 spiro atoms. The van der Waals surface area contributed by atoms with Crippen molar-refractivity contribution in [1.29, 1.82) is 0 Å². The van der Waals surface area contributed by atoms with Crippen LogP contribution in [0.25, 0.3) is 4.96 Å². The molecule has 0 unspecified atom stereocenters. The molecule has 0 aliphatic rings. The Bertz CT molecular complexity index is 762. The summed E-state index contributed by atoms with van der Waals surface area (Å²) in [6, 6.07) is 7.03. The minimum atomic E-state index is -0.155. The first-order valence-electron chi connectivity index (χ1n) is 6.39. The number of methoxy groups -OCH3 is 1. The van der Waals surface area contributed by atoms with E-state index in [1.165, 1.54) is 11.3 Å². The summed E-state index contributed by atoms with van der Waals surface area (Å²) in [5.41, 5.74) is 1.49. The van der Waals surface area contributed by atoms with Gasteiger partial charge in [-0.3, -0.25) is 4.79 Å². The van der Waals surface area contributed by atoms with E-state index in [1.807, 2.05) is 13.1 Å². The number of ether oxygens (including phenoxy) is 1. The lowest BCUT2D eigenvalue weighted by molar-refractivity contribution is 0.0950. The Balaban J connectivity index is 1.68. The highest BCUT2D eigenvalue weighted by atomic mass is 32.1. The minimum absolute atomic E-state index is 0.155. The number of carbonyl (C=O) groups excluding carboxylic acids is 1. The van der Waals surface area contributed by atoms with Crippen molar-refractivity contribution in [2.45, 2.75) is 13.5 Å². The van der Waals surface area contributed by atoms with Crippen molar-refractivity contribution in [3.8, 4) is 5.75 Å². The molecule has 3 rings (SSSR count). The molecule has 1 N–H and O–H groups in total. The van der Waals surface area contributed by atoms with Crippen LogP contribution in [0.4, 0.5) is 0 Å². The summed E-state index contributed by atoms with van der Waals surface area (Å²) in [4.78, 5) is 17.2. The van der Waals surface area contributed by atoms with E-state index in [2.05, 4.69) is 15.4 Å². The monoisotopic (exact) mass is 302 g/mol. The molecule has 2 aromatic heterocycles. The van der Waals surface area contributed by atoms with Gasteiger partial charge in [0.25, 0.3) is 5.91 Å². The maximum Gasteiger partial charge on any atom is 0.251 e. The Morgan fingerprint density at radius 1 is 1.48 bits per heavy atom. The van der Waals surface area contributed by atoms with Gasteiger partial charge < -0.3 is 10.1 Å². The number of benzene rings is 1. The van der Waals surface area contributed by atoms with Crippen LogP contribution < -0.4 is 10.1 Å². The Labute approximate surface area is 125 Å². The Hall–Kier alpha value is -2.41. The molecule has 0 radical (unpaired) electrons. The first kappa shape index (κ1) is 13.6. The largest absolute Gasteiger partial charge is 0.497 e. The smallest absolute Gasteiger partial charge is 0.251 e. The number of aryl methyl sites for hydroxylation is 1. The molecular weight excluding hydrogens is 288 g/mol. The van der Waals surface area contributed by atoms with Crippen molar-refractivity contribution in [2.75, 3.05) is 7.11 Å². The summed E-state index contributed by atoms with van der Waals surface area (Å²) in [5, 5.41) is 8.02. The number of amides is 1. The average molecular weight is 302 g/mol. The van der Waals surface area contributed by atoms with Gasteiger partial charge >= 0.3 is 0 Å². The molecule has 0 saturated carbocycles. The fraction of sp³-hybridized carbons (Fsp3) is 0.214. The van der Waals surface area contributed by atoms with E-state index in [9.17, 15) is 4.79 Å². The van der Waals surface area contributed by atoms with Crippen LogP contribution in [0.1, 0.15) is 21.1 Å². The number of carbonyl (C=O) groups is 1. The highest BCUT2D eigenvalue weighted by Gasteiger charge is 2.10. The molecule has 7 heteroatoms. The maximum atomic E-state index is 12.1. The summed E-state index contributed by atoms with van der Waals surface area (Å²) in [7, 11) is 1.57. The van der Waals surface area contributed by atoms with Crippen LogP contribution in [0.2, 0.25) is 0 Å². The number of imidazole rings is 1. The molecule has 0 fully saturated rings. The highest BCUT2D eigenvalue weighted by Crippen LogP contribution is 2.15. The van der Waals surface area contributed by atoms with Gasteiger partial charge in [-0.15, -0.1) is 0 Å². The van der Waals surface area contributed by atoms with Gasteiger partial charge in [0, 0.05) is 5.56 Å². The third-order valence-electron chi connectivity index (χ3n) is 2.94. The zero-order chi connectivity index (χ0) is 14.8. The van der Waals surface area contributed by atoms with Crippen molar-refractivity contribution in [3.05, 3.63) is 46.7 Å². The number of nitrogens with zero attached hydrogens (tertiary/aromatic N) is 3. The molecule has 3 aromatic rings. The summed E-state index contributed by atoms with van der Waals surface area (Å²) >= 11 is 1.46. The Morgan fingerprint density at radius 3 is 3.10 bits per heavy atom. The van der Waals surface area contributed by atoms with Gasteiger partial charge in [-0.25, -0.2) is 9.50 Å². The van der Waals surface area contributed by atoms with Gasteiger partial charge in [0.15, 0.2) is 0 Å². The lowest BCUT2D eigenvalue weighted by atomic mass is 10.2. The number of aromatic nitrogens is 3. The molecular formula is C14H14N4O2S. The fourth-order valence-corrected chi connectivity index (χ4v) is 2.80. The number of fused-ring (bicyclic) bond motifs is 1. The normalized spacial score (nSPS) is 10.8. The summed E-state index contributed by atoms with van der Waals surface area (Å²) in [6.07, 6.45) is 1.86. The number of rotatable bonds is 4. The van der Waals surface area contributed by atoms with E-state index in [-0.39, 0.29) is 5.91 Å². The van der Waals surface area contributed by atoms with Crippen molar-refractivity contribution in [1.82, 2.24) is 19.9 Å². The van der Waals surface area contributed by atoms with Gasteiger partial charge in [-0.2, -0.15) is 5.10 Å². The first-order valence-corrected chi connectivity index (χ1v) is 7.21. The Kier molecular flexibility index (Phi) is 3.57. The van der Waals surface area contributed by atoms with Gasteiger partial charge in [0.2, 0.25) is 4.96 Å². The number of hydrogen-bond acceptors (Lipinski definition) is 5. The molecule has 2 heterocycles. The SMILES string of the molecule is COc1cccc(C(=O)NCc2nn3cc(C)nc3s2)c1. The third-order valence-corrected chi connectivity index (χ3v) is 3.86. The second kappa shape index (κ2) is 5.53. The van der Waals surface area contributed by atoms with Crippen molar-refractivity contribution in [3.63, 3.8) is 0 Å². The zero-order valence-corrected chi connectivity index (χ0v) is 12.5. The lowest BCUT2D eigenvalue weighted by Crippen LogP contribution is -2.22. The Morgan fingerprint density at radius 2 is 2.33 bits per heavy atom. The summed E-state index contributed by atoms with van der Waals surface area (Å²) in [5.74, 6) is 0.503. The van der Waals surface area contributed by atoms with Crippen molar-refractivity contribution < 1.29 is 9.53 Å². The number of hydrogen-bond donors (Lipinski definition) is 1. The zero-order valence-electron chi connectivity index (χ0n) is 11.7. The molecule has 0 aliphatic heterocycles. The predicted molar refractivity (Wildman–Crippen MR) is 79.8 cm³/mol. The molecule has 6 nitrogen and oxygen atoms in total. The molecule has 0 bridgehead atoms. The summed E-state index contributed by atoms with van der Waals surface area (Å²) < 4.78 is 6.84. The molecule has 1 aromatic carbocycles. The van der Waals surface area contributed by atoms with Crippen LogP contribution in [-0.2, 0) is 6.54 Å². The fourth-order valence-electron chi connectivity index (χ4n) is 1.94. The van der Waals surface area contributed by atoms with E-state index >= 15 is 0 Å². The van der Waals surface area contributed by atoms with Gasteiger partial charge in [0.1, 0.15) is 10.8 Å². The topological polar surface area (TPSA) is 68.5 Å². The van der Waals surface area contributed by atoms with Crippen LogP contribution in [0.15, 0.2) is 30.5 Å². The highest BCUT2D eigenvalue weighted by molar-refractivity contribution is 7.16. The van der Waals surface area contributed by atoms with Crippen LogP contribution in [0, 0.1) is 6.92 Å². The van der Waals surface area contributed by atoms with Gasteiger partial charge in [-0.1, -0.05) is 17.4 Å². The third kappa shape index (κ3) is 2.87. The van der Waals surface area contributed by atoms with E-state index in [0.29, 0.717) is 17.9 Å². The first-order chi connectivity index (χ1) is 10.2. The summed E-state index contributed by atoms with van der Waals surface area (Å²) in [6.45, 7) is 2.30. The van der Waals surface area contributed by atoms with E-state index < -0.39 is 0 Å². The maximum absolute atomic E-state index is 12.1. The van der Waals surface area contributed by atoms with Crippen LogP contribution >= 0.6 is 11.3 Å². The number of nitrogens with one attached hydrogen (secondary N) is 1. The van der Waals surface area contributed by atoms with Gasteiger partial charge in [-0.05, 0) is 25.1 Å². The standard InChI is InChI=1S/C14H14N4O2S/c1-9-8-18-14(16-9)21-12(17-18)7-15-13(19)10-4-3-5-11(6-10)20-2/h3-6,8H,7H2,1-2H3,(H,15,19). The van der Waals surface area contributed by atoms with E-state index in [1.54, 1.807) is 35.9 Å². The predicted octanol–water partition coefficient (Wildman–Crippen LogP) is 2.04. The second-order valence-corrected chi connectivity index (χ2v) is 5.56. The quantitative estimate of drug-likeness (QED) is 0.801. The average Bonchev–Trinajstić information content (AvgIpc) is 3.01. The van der Waals surface area contributed by atoms with Crippen LogP contribution in [0.5, 0.6) is 5.75 Å². The molecule has 108 valence electrons. The lowest BCUT2D eigenvalue weighted by Gasteiger charge is -2.04. The molecule has 21 heavy (non-hydrogen) atoms. The van der Waals surface area contributed by atoms with Gasteiger partial charge in [0.05, 0.1) is 25.5 Å². The van der Waals surface area contributed by atoms with E-state index in [4.69, 9.17) is 4.74 Å². The molecule has 0 aliphatic carbocycles. The van der Waals surface area contributed by atoms with Crippen LogP contribution in [0.3, 0.4) is 0 Å². The molecule has 0 atom stereocenters. The molecule has 0 saturated heterocycles. The minimum Gasteiger partial charge on any atom is -0.497 e.